The van der Waals surface area contributed by atoms with Gasteiger partial charge in [0.15, 0.2) is 0 Å². The fourth-order valence-electron chi connectivity index (χ4n) is 3.08. The minimum Gasteiger partial charge on any atom is -0.326 e. The summed E-state index contributed by atoms with van der Waals surface area (Å²) in [6.45, 7) is 0.365. The second kappa shape index (κ2) is 9.19. The summed E-state index contributed by atoms with van der Waals surface area (Å²) in [6.07, 6.45) is 0.706. The molecule has 1 heterocycles. The maximum absolute atomic E-state index is 13.0. The van der Waals surface area contributed by atoms with Gasteiger partial charge in [0.05, 0.1) is 4.90 Å². The third-order valence-corrected chi connectivity index (χ3v) is 7.26. The minimum atomic E-state index is -3.73. The fraction of sp³-hybridized carbons (Fsp3) is 0.316. The van der Waals surface area contributed by atoms with Crippen molar-refractivity contribution < 1.29 is 26.4 Å². The van der Waals surface area contributed by atoms with E-state index in [1.54, 1.807) is 12.1 Å². The maximum atomic E-state index is 13.0. The maximum Gasteiger partial charge on any atom is 0.288 e. The monoisotopic (exact) mass is 444 g/mol. The molecule has 0 saturated carbocycles. The zero-order chi connectivity index (χ0) is 21.0. The van der Waals surface area contributed by atoms with Crippen LogP contribution in [0.3, 0.4) is 0 Å². The van der Waals surface area contributed by atoms with Crippen molar-refractivity contribution in [3.8, 4) is 0 Å². The van der Waals surface area contributed by atoms with Crippen LogP contribution in [0.2, 0.25) is 0 Å². The summed E-state index contributed by atoms with van der Waals surface area (Å²) in [6, 6.07) is 10.7. The lowest BCUT2D eigenvalue weighted by Crippen LogP contribution is -2.41. The van der Waals surface area contributed by atoms with Gasteiger partial charge in [0.25, 0.3) is 5.76 Å². The topological polar surface area (TPSA) is 66.5 Å². The number of nitrogens with one attached hydrogen (secondary N) is 1. The predicted octanol–water partition coefficient (Wildman–Crippen LogP) is 4.18. The molecule has 2 aromatic rings. The Labute approximate surface area is 171 Å². The van der Waals surface area contributed by atoms with Crippen LogP contribution in [0.1, 0.15) is 12.8 Å². The average molecular weight is 445 g/mol. The number of rotatable bonds is 6. The quantitative estimate of drug-likeness (QED) is 0.679. The molecular weight excluding hydrogens is 425 g/mol. The van der Waals surface area contributed by atoms with Crippen LogP contribution in [0, 0.1) is 11.7 Å². The number of nitrogens with zero attached hydrogens (tertiary/aromatic N) is 1. The van der Waals surface area contributed by atoms with E-state index in [9.17, 15) is 26.4 Å². The molecule has 5 nitrogen and oxygen atoms in total. The number of anilines is 1. The van der Waals surface area contributed by atoms with E-state index in [0.29, 0.717) is 35.2 Å². The molecule has 1 aliphatic heterocycles. The van der Waals surface area contributed by atoms with Crippen molar-refractivity contribution in [2.24, 2.45) is 5.92 Å². The van der Waals surface area contributed by atoms with Crippen LogP contribution >= 0.6 is 11.8 Å². The first-order chi connectivity index (χ1) is 13.8. The molecule has 2 aromatic carbocycles. The highest BCUT2D eigenvalue weighted by Crippen LogP contribution is 2.28. The van der Waals surface area contributed by atoms with Gasteiger partial charge in [0.2, 0.25) is 15.9 Å². The van der Waals surface area contributed by atoms with Crippen LogP contribution < -0.4 is 5.32 Å². The molecule has 156 valence electrons. The minimum absolute atomic E-state index is 0.0172. The van der Waals surface area contributed by atoms with Crippen LogP contribution in [0.5, 0.6) is 0 Å². The van der Waals surface area contributed by atoms with Crippen LogP contribution in [0.4, 0.5) is 18.9 Å². The molecule has 0 bridgehead atoms. The first kappa shape index (κ1) is 21.7. The number of thioether (sulfide) groups is 1. The van der Waals surface area contributed by atoms with Gasteiger partial charge in [-0.3, -0.25) is 4.79 Å². The molecule has 0 unspecified atom stereocenters. The van der Waals surface area contributed by atoms with Gasteiger partial charge in [-0.25, -0.2) is 12.8 Å². The van der Waals surface area contributed by atoms with E-state index in [0.717, 1.165) is 12.1 Å². The zero-order valence-corrected chi connectivity index (χ0v) is 16.9. The normalized spacial score (nSPS) is 16.1. The van der Waals surface area contributed by atoms with Crippen LogP contribution in [-0.2, 0) is 14.8 Å². The van der Waals surface area contributed by atoms with Gasteiger partial charge < -0.3 is 5.32 Å². The third kappa shape index (κ3) is 5.52. The van der Waals surface area contributed by atoms with Gasteiger partial charge in [-0.05, 0) is 61.4 Å². The predicted molar refractivity (Wildman–Crippen MR) is 105 cm³/mol. The van der Waals surface area contributed by atoms with E-state index < -0.39 is 21.6 Å². The highest BCUT2D eigenvalue weighted by molar-refractivity contribution is 7.99. The highest BCUT2D eigenvalue weighted by Gasteiger charge is 2.32. The molecule has 3 rings (SSSR count). The lowest BCUT2D eigenvalue weighted by Gasteiger charge is -2.30. The van der Waals surface area contributed by atoms with Crippen LogP contribution in [0.25, 0.3) is 0 Å². The summed E-state index contributed by atoms with van der Waals surface area (Å²) in [5.74, 6) is -3.62. The number of sulfonamides is 1. The molecule has 1 amide bonds. The number of piperidine rings is 1. The molecule has 10 heteroatoms. The Morgan fingerprint density at radius 3 is 2.17 bits per heavy atom. The lowest BCUT2D eigenvalue weighted by molar-refractivity contribution is -0.120. The summed E-state index contributed by atoms with van der Waals surface area (Å²) < 4.78 is 64.3. The van der Waals surface area contributed by atoms with Crippen molar-refractivity contribution in [1.29, 1.82) is 0 Å². The Morgan fingerprint density at radius 1 is 1.03 bits per heavy atom. The standard InChI is InChI=1S/C19H19F3N2O3S2/c20-14-1-7-17(8-2-14)29(26,27)24-11-9-13(10-12-24)18(25)23-15-3-5-16(6-4-15)28-19(21)22/h1-8,13,19H,9-12H2,(H,23,25). The molecule has 29 heavy (non-hydrogen) atoms. The number of carbonyl (C=O) groups excluding carboxylic acids is 1. The number of hydrogen-bond acceptors (Lipinski definition) is 4. The Kier molecular flexibility index (Phi) is 6.86. The smallest absolute Gasteiger partial charge is 0.288 e. The first-order valence-electron chi connectivity index (χ1n) is 8.87. The lowest BCUT2D eigenvalue weighted by atomic mass is 9.97. The fourth-order valence-corrected chi connectivity index (χ4v) is 5.05. The second-order valence-electron chi connectivity index (χ2n) is 6.52. The van der Waals surface area contributed by atoms with E-state index >= 15 is 0 Å². The summed E-state index contributed by atoms with van der Waals surface area (Å²) in [5, 5.41) is 2.74. The van der Waals surface area contributed by atoms with Gasteiger partial charge in [0.1, 0.15) is 5.82 Å². The Balaban J connectivity index is 1.56. The number of hydrogen-bond donors (Lipinski definition) is 1. The van der Waals surface area contributed by atoms with E-state index in [4.69, 9.17) is 0 Å². The molecule has 1 N–H and O–H groups in total. The van der Waals surface area contributed by atoms with Gasteiger partial charge in [-0.1, -0.05) is 11.8 Å². The Morgan fingerprint density at radius 2 is 1.62 bits per heavy atom. The number of carbonyl (C=O) groups is 1. The number of alkyl halides is 2. The first-order valence-corrected chi connectivity index (χ1v) is 11.2. The SMILES string of the molecule is O=C(Nc1ccc(SC(F)F)cc1)C1CCN(S(=O)(=O)c2ccc(F)cc2)CC1. The summed E-state index contributed by atoms with van der Waals surface area (Å²) in [4.78, 5) is 12.9. The van der Waals surface area contributed by atoms with Gasteiger partial charge in [-0.2, -0.15) is 13.1 Å². The third-order valence-electron chi connectivity index (χ3n) is 4.62. The zero-order valence-electron chi connectivity index (χ0n) is 15.2. The van der Waals surface area contributed by atoms with E-state index in [1.807, 2.05) is 0 Å². The molecule has 0 radical (unpaired) electrons. The molecule has 1 aliphatic rings. The number of benzene rings is 2. The Bertz CT molecular complexity index is 944. The average Bonchev–Trinajstić information content (AvgIpc) is 2.69. The molecule has 1 fully saturated rings. The number of amides is 1. The van der Waals surface area contributed by atoms with Crippen LogP contribution in [-0.4, -0.2) is 37.5 Å². The van der Waals surface area contributed by atoms with E-state index in [2.05, 4.69) is 5.32 Å². The van der Waals surface area contributed by atoms with Gasteiger partial charge >= 0.3 is 0 Å². The molecule has 0 atom stereocenters. The second-order valence-corrected chi connectivity index (χ2v) is 9.53. The van der Waals surface area contributed by atoms with Crippen molar-refractivity contribution in [1.82, 2.24) is 4.31 Å². The molecule has 0 aromatic heterocycles. The van der Waals surface area contributed by atoms with E-state index in [1.165, 1.54) is 28.6 Å². The van der Waals surface area contributed by atoms with Crippen molar-refractivity contribution in [2.45, 2.75) is 28.4 Å². The van der Waals surface area contributed by atoms with Crippen molar-refractivity contribution in [3.63, 3.8) is 0 Å². The Hall–Kier alpha value is -2.04. The summed E-state index contributed by atoms with van der Waals surface area (Å²) in [7, 11) is -3.73. The highest BCUT2D eigenvalue weighted by atomic mass is 32.2. The van der Waals surface area contributed by atoms with E-state index in [-0.39, 0.29) is 29.8 Å². The van der Waals surface area contributed by atoms with Crippen molar-refractivity contribution in [2.75, 3.05) is 18.4 Å². The largest absolute Gasteiger partial charge is 0.326 e. The summed E-state index contributed by atoms with van der Waals surface area (Å²) in [5.41, 5.74) is 0.495. The van der Waals surface area contributed by atoms with Gasteiger partial charge in [-0.15, -0.1) is 0 Å². The van der Waals surface area contributed by atoms with Crippen molar-refractivity contribution in [3.05, 3.63) is 54.3 Å². The van der Waals surface area contributed by atoms with Crippen molar-refractivity contribution >= 4 is 33.4 Å². The molecule has 0 spiro atoms. The summed E-state index contributed by atoms with van der Waals surface area (Å²) >= 11 is 0.426. The molecule has 1 saturated heterocycles. The molecular formula is C19H19F3N2O3S2. The van der Waals surface area contributed by atoms with Gasteiger partial charge in [0, 0.05) is 29.6 Å². The van der Waals surface area contributed by atoms with Crippen LogP contribution in [0.15, 0.2) is 58.3 Å². The number of halogens is 3. The molecule has 0 aliphatic carbocycles.